The van der Waals surface area contributed by atoms with Gasteiger partial charge in [0.1, 0.15) is 5.82 Å². The van der Waals surface area contributed by atoms with E-state index in [1.54, 1.807) is 42.5 Å². The minimum absolute atomic E-state index is 0.160. The van der Waals surface area contributed by atoms with Gasteiger partial charge < -0.3 is 15.0 Å². The number of nitrogens with zero attached hydrogens (tertiary/aromatic N) is 3. The standard InChI is InChI=1S/C30H27N5O4S/c1-20(36)31-23-12-13-27-26(19-23)30(35-14-16-39-17-15-35)33-29(32-27)22-8-4-9-24(18-22)34-40(37,38)28-11-5-7-21-6-2-3-10-25(21)28/h2-13,18-19,34H,14-17H2,1H3,(H,31,36). The Balaban J connectivity index is 1.39. The monoisotopic (exact) mass is 553 g/mol. The van der Waals surface area contributed by atoms with Crippen molar-refractivity contribution in [3.05, 3.63) is 84.9 Å². The van der Waals surface area contributed by atoms with Crippen LogP contribution in [0, 0.1) is 0 Å². The van der Waals surface area contributed by atoms with Crippen LogP contribution in [0.25, 0.3) is 33.1 Å². The molecule has 1 aromatic heterocycles. The largest absolute Gasteiger partial charge is 0.378 e. The summed E-state index contributed by atoms with van der Waals surface area (Å²) in [5.41, 5.74) is 2.45. The van der Waals surface area contributed by atoms with Crippen molar-refractivity contribution in [3.8, 4) is 11.4 Å². The lowest BCUT2D eigenvalue weighted by molar-refractivity contribution is -0.114. The molecule has 1 aliphatic rings. The van der Waals surface area contributed by atoms with Crippen LogP contribution in [0.3, 0.4) is 0 Å². The van der Waals surface area contributed by atoms with E-state index in [9.17, 15) is 13.2 Å². The molecule has 0 unspecified atom stereocenters. The maximum Gasteiger partial charge on any atom is 0.262 e. The van der Waals surface area contributed by atoms with Crippen LogP contribution in [0.1, 0.15) is 6.92 Å². The quantitative estimate of drug-likeness (QED) is 0.303. The van der Waals surface area contributed by atoms with E-state index < -0.39 is 10.0 Å². The van der Waals surface area contributed by atoms with Crippen LogP contribution in [0.15, 0.2) is 89.8 Å². The first-order valence-electron chi connectivity index (χ1n) is 12.9. The Hall–Kier alpha value is -4.54. The molecular weight excluding hydrogens is 526 g/mol. The van der Waals surface area contributed by atoms with Crippen molar-refractivity contribution in [1.29, 1.82) is 0 Å². The van der Waals surface area contributed by atoms with Gasteiger partial charge in [-0.05, 0) is 41.8 Å². The van der Waals surface area contributed by atoms with Gasteiger partial charge in [0.25, 0.3) is 10.0 Å². The molecule has 10 heteroatoms. The molecule has 2 heterocycles. The number of hydrogen-bond donors (Lipinski definition) is 2. The smallest absolute Gasteiger partial charge is 0.262 e. The van der Waals surface area contributed by atoms with Gasteiger partial charge in [-0.2, -0.15) is 0 Å². The first-order chi connectivity index (χ1) is 19.4. The van der Waals surface area contributed by atoms with Crippen molar-refractivity contribution >= 4 is 54.8 Å². The Labute approximate surface area is 231 Å². The second kappa shape index (κ2) is 10.6. The molecule has 202 valence electrons. The molecule has 6 rings (SSSR count). The molecule has 0 aliphatic carbocycles. The normalized spacial score (nSPS) is 13.9. The lowest BCUT2D eigenvalue weighted by atomic mass is 10.1. The molecule has 9 nitrogen and oxygen atoms in total. The number of carbonyl (C=O) groups excluding carboxylic acids is 1. The molecular formula is C30H27N5O4S. The van der Waals surface area contributed by atoms with E-state index in [0.29, 0.717) is 60.0 Å². The average Bonchev–Trinajstić information content (AvgIpc) is 2.96. The Morgan fingerprint density at radius 1 is 0.850 bits per heavy atom. The summed E-state index contributed by atoms with van der Waals surface area (Å²) in [6.45, 7) is 3.96. The van der Waals surface area contributed by atoms with E-state index in [1.807, 2.05) is 42.5 Å². The summed E-state index contributed by atoms with van der Waals surface area (Å²) in [7, 11) is -3.86. The van der Waals surface area contributed by atoms with E-state index >= 15 is 0 Å². The summed E-state index contributed by atoms with van der Waals surface area (Å²) < 4.78 is 35.1. The SMILES string of the molecule is CC(=O)Nc1ccc2nc(-c3cccc(NS(=O)(=O)c4cccc5ccccc45)c3)nc(N3CCOCC3)c2c1. The van der Waals surface area contributed by atoms with Gasteiger partial charge in [0, 0.05) is 47.7 Å². The molecule has 0 radical (unpaired) electrons. The number of nitrogens with one attached hydrogen (secondary N) is 2. The second-order valence-electron chi connectivity index (χ2n) is 9.55. The van der Waals surface area contributed by atoms with Gasteiger partial charge in [-0.3, -0.25) is 9.52 Å². The van der Waals surface area contributed by atoms with Gasteiger partial charge in [0.2, 0.25) is 5.91 Å². The van der Waals surface area contributed by atoms with Crippen LogP contribution in [0.5, 0.6) is 0 Å². The van der Waals surface area contributed by atoms with Crippen molar-refractivity contribution in [1.82, 2.24) is 9.97 Å². The Bertz CT molecular complexity index is 1850. The van der Waals surface area contributed by atoms with Crippen LogP contribution < -0.4 is 14.9 Å². The number of hydrogen-bond acceptors (Lipinski definition) is 7. The number of anilines is 3. The number of morpholine rings is 1. The van der Waals surface area contributed by atoms with Crippen LogP contribution >= 0.6 is 0 Å². The molecule has 0 atom stereocenters. The highest BCUT2D eigenvalue weighted by Crippen LogP contribution is 2.32. The maximum absolute atomic E-state index is 13.4. The van der Waals surface area contributed by atoms with Crippen molar-refractivity contribution in [2.45, 2.75) is 11.8 Å². The Morgan fingerprint density at radius 3 is 2.45 bits per heavy atom. The molecule has 4 aromatic carbocycles. The van der Waals surface area contributed by atoms with Crippen molar-refractivity contribution in [3.63, 3.8) is 0 Å². The topological polar surface area (TPSA) is 114 Å². The zero-order valence-electron chi connectivity index (χ0n) is 21.8. The van der Waals surface area contributed by atoms with E-state index in [2.05, 4.69) is 14.9 Å². The van der Waals surface area contributed by atoms with Crippen molar-refractivity contribution in [2.24, 2.45) is 0 Å². The Kier molecular flexibility index (Phi) is 6.79. The molecule has 40 heavy (non-hydrogen) atoms. The summed E-state index contributed by atoms with van der Waals surface area (Å²) in [6.07, 6.45) is 0. The summed E-state index contributed by atoms with van der Waals surface area (Å²) >= 11 is 0. The number of rotatable bonds is 6. The fourth-order valence-corrected chi connectivity index (χ4v) is 6.18. The van der Waals surface area contributed by atoms with Gasteiger partial charge in [0.05, 0.1) is 23.6 Å². The molecule has 0 bridgehead atoms. The third-order valence-corrected chi connectivity index (χ3v) is 8.16. The number of amides is 1. The summed E-state index contributed by atoms with van der Waals surface area (Å²) in [6, 6.07) is 25.2. The number of ether oxygens (including phenoxy) is 1. The van der Waals surface area contributed by atoms with Crippen LogP contribution in [-0.4, -0.2) is 50.6 Å². The highest BCUT2D eigenvalue weighted by Gasteiger charge is 2.20. The fourth-order valence-electron chi connectivity index (χ4n) is 4.90. The third kappa shape index (κ3) is 5.18. The zero-order chi connectivity index (χ0) is 27.7. The number of benzene rings is 4. The fraction of sp³-hybridized carbons (Fsp3) is 0.167. The molecule has 1 fully saturated rings. The highest BCUT2D eigenvalue weighted by molar-refractivity contribution is 7.93. The number of aromatic nitrogens is 2. The van der Waals surface area contributed by atoms with Gasteiger partial charge in [-0.1, -0.05) is 48.5 Å². The van der Waals surface area contributed by atoms with Crippen LogP contribution in [0.4, 0.5) is 17.2 Å². The molecule has 1 amide bonds. The minimum atomic E-state index is -3.86. The number of carbonyl (C=O) groups is 1. The molecule has 0 saturated carbocycles. The Morgan fingerprint density at radius 2 is 1.62 bits per heavy atom. The first kappa shape index (κ1) is 25.7. The van der Waals surface area contributed by atoms with E-state index in [1.165, 1.54) is 6.92 Å². The predicted molar refractivity (Wildman–Crippen MR) is 157 cm³/mol. The number of sulfonamides is 1. The van der Waals surface area contributed by atoms with Crippen LogP contribution in [0.2, 0.25) is 0 Å². The molecule has 1 saturated heterocycles. The van der Waals surface area contributed by atoms with Gasteiger partial charge in [0.15, 0.2) is 5.82 Å². The first-order valence-corrected chi connectivity index (χ1v) is 14.4. The summed E-state index contributed by atoms with van der Waals surface area (Å²) in [5.74, 6) is 1.04. The molecule has 0 spiro atoms. The van der Waals surface area contributed by atoms with Gasteiger partial charge >= 0.3 is 0 Å². The average molecular weight is 554 g/mol. The zero-order valence-corrected chi connectivity index (χ0v) is 22.6. The van der Waals surface area contributed by atoms with Crippen LogP contribution in [-0.2, 0) is 19.6 Å². The molecule has 2 N–H and O–H groups in total. The molecule has 5 aromatic rings. The highest BCUT2D eigenvalue weighted by atomic mass is 32.2. The second-order valence-corrected chi connectivity index (χ2v) is 11.2. The maximum atomic E-state index is 13.4. The lowest BCUT2D eigenvalue weighted by Gasteiger charge is -2.29. The third-order valence-electron chi connectivity index (χ3n) is 6.72. The van der Waals surface area contributed by atoms with Crippen molar-refractivity contribution in [2.75, 3.05) is 41.2 Å². The van der Waals surface area contributed by atoms with Gasteiger partial charge in [-0.15, -0.1) is 0 Å². The van der Waals surface area contributed by atoms with Gasteiger partial charge in [-0.25, -0.2) is 18.4 Å². The number of fused-ring (bicyclic) bond motifs is 2. The summed E-state index contributed by atoms with van der Waals surface area (Å²) in [4.78, 5) is 23.7. The van der Waals surface area contributed by atoms with E-state index in [-0.39, 0.29) is 10.8 Å². The van der Waals surface area contributed by atoms with Crippen molar-refractivity contribution < 1.29 is 17.9 Å². The predicted octanol–water partition coefficient (Wildman–Crippen LogP) is 5.05. The van der Waals surface area contributed by atoms with E-state index in [4.69, 9.17) is 14.7 Å². The summed E-state index contributed by atoms with van der Waals surface area (Å²) in [5, 5.41) is 5.14. The van der Waals surface area contributed by atoms with E-state index in [0.717, 1.165) is 16.6 Å². The lowest BCUT2D eigenvalue weighted by Crippen LogP contribution is -2.37. The molecule has 1 aliphatic heterocycles. The minimum Gasteiger partial charge on any atom is -0.378 e.